The number of nitrogens with one attached hydrogen (secondary N) is 1. The highest BCUT2D eigenvalue weighted by Crippen LogP contribution is 2.26. The van der Waals surface area contributed by atoms with Crippen molar-refractivity contribution in [1.82, 2.24) is 0 Å². The summed E-state index contributed by atoms with van der Waals surface area (Å²) in [6.45, 7) is 2.18. The Morgan fingerprint density at radius 1 is 0.913 bits per heavy atom. The van der Waals surface area contributed by atoms with Crippen LogP contribution >= 0.6 is 0 Å². The first-order chi connectivity index (χ1) is 11.2. The SMILES string of the molecule is CCCCc1ccc(NC2=CC(=O)C(=O)c3ccccc32)cc1. The molecule has 0 fully saturated rings. The summed E-state index contributed by atoms with van der Waals surface area (Å²) < 4.78 is 0. The van der Waals surface area contributed by atoms with Gasteiger partial charge in [0.2, 0.25) is 11.6 Å². The van der Waals surface area contributed by atoms with E-state index in [2.05, 4.69) is 24.4 Å². The third-order valence-electron chi connectivity index (χ3n) is 4.01. The van der Waals surface area contributed by atoms with Gasteiger partial charge < -0.3 is 5.32 Å². The highest BCUT2D eigenvalue weighted by Gasteiger charge is 2.25. The van der Waals surface area contributed by atoms with Crippen molar-refractivity contribution in [2.45, 2.75) is 26.2 Å². The number of carbonyl (C=O) groups is 2. The van der Waals surface area contributed by atoms with Crippen molar-refractivity contribution in [2.24, 2.45) is 0 Å². The number of allylic oxidation sites excluding steroid dienone is 1. The minimum absolute atomic E-state index is 0.443. The van der Waals surface area contributed by atoms with Gasteiger partial charge >= 0.3 is 0 Å². The maximum absolute atomic E-state index is 11.9. The smallest absolute Gasteiger partial charge is 0.233 e. The minimum Gasteiger partial charge on any atom is -0.355 e. The second kappa shape index (κ2) is 6.61. The van der Waals surface area contributed by atoms with Crippen LogP contribution in [-0.4, -0.2) is 11.6 Å². The van der Waals surface area contributed by atoms with E-state index in [1.165, 1.54) is 24.5 Å². The normalized spacial score (nSPS) is 13.5. The van der Waals surface area contributed by atoms with Crippen molar-refractivity contribution in [3.05, 3.63) is 71.3 Å². The van der Waals surface area contributed by atoms with Crippen LogP contribution < -0.4 is 5.32 Å². The molecule has 0 atom stereocenters. The molecule has 0 spiro atoms. The molecule has 2 aromatic rings. The fourth-order valence-electron chi connectivity index (χ4n) is 2.72. The van der Waals surface area contributed by atoms with Crippen LogP contribution in [0.1, 0.15) is 41.3 Å². The number of carbonyl (C=O) groups excluding carboxylic acids is 2. The molecule has 23 heavy (non-hydrogen) atoms. The third-order valence-corrected chi connectivity index (χ3v) is 4.01. The van der Waals surface area contributed by atoms with E-state index in [1.807, 2.05) is 24.3 Å². The zero-order valence-corrected chi connectivity index (χ0v) is 13.1. The number of hydrogen-bond donors (Lipinski definition) is 1. The second-order valence-corrected chi connectivity index (χ2v) is 5.72. The first kappa shape index (κ1) is 15.2. The molecule has 0 aromatic heterocycles. The summed E-state index contributed by atoms with van der Waals surface area (Å²) in [5, 5.41) is 3.26. The zero-order valence-electron chi connectivity index (χ0n) is 13.1. The van der Waals surface area contributed by atoms with Gasteiger partial charge in [-0.15, -0.1) is 0 Å². The number of Topliss-reactive ketones (excluding diaryl/α,β-unsaturated/α-hetero) is 1. The van der Waals surface area contributed by atoms with Gasteiger partial charge in [0.15, 0.2) is 0 Å². The average molecular weight is 305 g/mol. The summed E-state index contributed by atoms with van der Waals surface area (Å²) in [7, 11) is 0. The van der Waals surface area contributed by atoms with Crippen LogP contribution in [0.3, 0.4) is 0 Å². The van der Waals surface area contributed by atoms with Gasteiger partial charge in [0.25, 0.3) is 0 Å². The maximum atomic E-state index is 11.9. The molecule has 0 saturated carbocycles. The molecular formula is C20H19NO2. The monoisotopic (exact) mass is 305 g/mol. The predicted molar refractivity (Wildman–Crippen MR) is 92.4 cm³/mol. The van der Waals surface area contributed by atoms with E-state index in [-0.39, 0.29) is 0 Å². The molecule has 0 bridgehead atoms. The van der Waals surface area contributed by atoms with E-state index in [0.29, 0.717) is 11.3 Å². The summed E-state index contributed by atoms with van der Waals surface area (Å²) >= 11 is 0. The number of anilines is 1. The topological polar surface area (TPSA) is 46.2 Å². The van der Waals surface area contributed by atoms with E-state index >= 15 is 0 Å². The molecular weight excluding hydrogens is 286 g/mol. The maximum Gasteiger partial charge on any atom is 0.233 e. The molecule has 3 heteroatoms. The van der Waals surface area contributed by atoms with Gasteiger partial charge in [-0.3, -0.25) is 9.59 Å². The van der Waals surface area contributed by atoms with Crippen LogP contribution in [0.2, 0.25) is 0 Å². The van der Waals surface area contributed by atoms with E-state index in [1.54, 1.807) is 12.1 Å². The van der Waals surface area contributed by atoms with Gasteiger partial charge in [-0.2, -0.15) is 0 Å². The lowest BCUT2D eigenvalue weighted by molar-refractivity contribution is -0.111. The quantitative estimate of drug-likeness (QED) is 0.840. The van der Waals surface area contributed by atoms with Crippen molar-refractivity contribution in [3.63, 3.8) is 0 Å². The number of rotatable bonds is 5. The fourth-order valence-corrected chi connectivity index (χ4v) is 2.72. The molecule has 3 nitrogen and oxygen atoms in total. The van der Waals surface area contributed by atoms with Gasteiger partial charge in [0, 0.05) is 22.9 Å². The van der Waals surface area contributed by atoms with Gasteiger partial charge in [-0.25, -0.2) is 0 Å². The van der Waals surface area contributed by atoms with E-state index < -0.39 is 11.6 Å². The van der Waals surface area contributed by atoms with E-state index in [4.69, 9.17) is 0 Å². The lowest BCUT2D eigenvalue weighted by atomic mass is 9.92. The standard InChI is InChI=1S/C20H19NO2/c1-2-3-6-14-9-11-15(12-10-14)21-18-13-19(22)20(23)17-8-5-4-7-16(17)18/h4-5,7-13,21H,2-3,6H2,1H3. The Balaban J connectivity index is 1.83. The van der Waals surface area contributed by atoms with Gasteiger partial charge in [-0.05, 0) is 30.5 Å². The Kier molecular flexibility index (Phi) is 4.38. The summed E-state index contributed by atoms with van der Waals surface area (Å²) in [5.74, 6) is -0.924. The highest BCUT2D eigenvalue weighted by atomic mass is 16.2. The van der Waals surface area contributed by atoms with Crippen LogP contribution in [0, 0.1) is 0 Å². The zero-order chi connectivity index (χ0) is 16.2. The Bertz CT molecular complexity index is 772. The highest BCUT2D eigenvalue weighted by molar-refractivity contribution is 6.50. The molecule has 2 aromatic carbocycles. The van der Waals surface area contributed by atoms with E-state index in [0.717, 1.165) is 17.7 Å². The van der Waals surface area contributed by atoms with Crippen molar-refractivity contribution in [1.29, 1.82) is 0 Å². The molecule has 0 radical (unpaired) electrons. The van der Waals surface area contributed by atoms with Crippen molar-refractivity contribution in [3.8, 4) is 0 Å². The molecule has 1 N–H and O–H groups in total. The van der Waals surface area contributed by atoms with Crippen molar-refractivity contribution >= 4 is 23.0 Å². The van der Waals surface area contributed by atoms with Crippen molar-refractivity contribution in [2.75, 3.05) is 5.32 Å². The van der Waals surface area contributed by atoms with Gasteiger partial charge in [-0.1, -0.05) is 49.7 Å². The Labute approximate surface area is 136 Å². The minimum atomic E-state index is -0.481. The summed E-state index contributed by atoms with van der Waals surface area (Å²) in [4.78, 5) is 23.8. The number of aryl methyl sites for hydroxylation is 1. The van der Waals surface area contributed by atoms with Crippen LogP contribution in [0.25, 0.3) is 5.70 Å². The fraction of sp³-hybridized carbons (Fsp3) is 0.200. The summed E-state index contributed by atoms with van der Waals surface area (Å²) in [6.07, 6.45) is 4.83. The van der Waals surface area contributed by atoms with Crippen LogP contribution in [0.5, 0.6) is 0 Å². The molecule has 3 rings (SSSR count). The van der Waals surface area contributed by atoms with Crippen LogP contribution in [-0.2, 0) is 11.2 Å². The molecule has 0 aliphatic heterocycles. The summed E-state index contributed by atoms with van der Waals surface area (Å²) in [6, 6.07) is 15.4. The first-order valence-electron chi connectivity index (χ1n) is 7.94. The second-order valence-electron chi connectivity index (χ2n) is 5.72. The van der Waals surface area contributed by atoms with E-state index in [9.17, 15) is 9.59 Å². The molecule has 0 unspecified atom stereocenters. The molecule has 1 aliphatic rings. The molecule has 116 valence electrons. The molecule has 0 amide bonds. The van der Waals surface area contributed by atoms with Gasteiger partial charge in [0.1, 0.15) is 0 Å². The first-order valence-corrected chi connectivity index (χ1v) is 7.94. The Hall–Kier alpha value is -2.68. The van der Waals surface area contributed by atoms with Crippen LogP contribution in [0.4, 0.5) is 5.69 Å². The summed E-state index contributed by atoms with van der Waals surface area (Å²) in [5.41, 5.74) is 4.12. The third kappa shape index (κ3) is 3.24. The number of benzene rings is 2. The largest absolute Gasteiger partial charge is 0.355 e. The van der Waals surface area contributed by atoms with Crippen molar-refractivity contribution < 1.29 is 9.59 Å². The Morgan fingerprint density at radius 3 is 2.30 bits per heavy atom. The number of hydrogen-bond acceptors (Lipinski definition) is 3. The molecule has 0 heterocycles. The van der Waals surface area contributed by atoms with Crippen LogP contribution in [0.15, 0.2) is 54.6 Å². The lowest BCUT2D eigenvalue weighted by Crippen LogP contribution is -2.20. The van der Waals surface area contributed by atoms with Gasteiger partial charge in [0.05, 0.1) is 5.70 Å². The predicted octanol–water partition coefficient (Wildman–Crippen LogP) is 4.25. The number of unbranched alkanes of at least 4 members (excludes halogenated alkanes) is 1. The molecule has 0 saturated heterocycles. The lowest BCUT2D eigenvalue weighted by Gasteiger charge is -2.18. The Morgan fingerprint density at radius 2 is 1.61 bits per heavy atom. The molecule has 1 aliphatic carbocycles. The number of ketones is 2. The average Bonchev–Trinajstić information content (AvgIpc) is 2.59. The number of fused-ring (bicyclic) bond motifs is 1.